The number of hydrogen-bond donors (Lipinski definition) is 2. The van der Waals surface area contributed by atoms with E-state index in [2.05, 4.69) is 0 Å². The zero-order chi connectivity index (χ0) is 13.0. The highest BCUT2D eigenvalue weighted by molar-refractivity contribution is 7.17. The Balaban J connectivity index is 2.27. The van der Waals surface area contributed by atoms with E-state index in [0.29, 0.717) is 12.0 Å². The van der Waals surface area contributed by atoms with Gasteiger partial charge >= 0.3 is 5.97 Å². The third kappa shape index (κ3) is 2.69. The molecular weight excluding hydrogens is 252 g/mol. The van der Waals surface area contributed by atoms with Gasteiger partial charge in [0.2, 0.25) is 0 Å². The van der Waals surface area contributed by atoms with E-state index < -0.39 is 12.1 Å². The number of rotatable bonds is 6. The molecule has 1 atom stereocenters. The molecule has 2 N–H and O–H groups in total. The number of hydrogen-bond acceptors (Lipinski definition) is 4. The lowest BCUT2D eigenvalue weighted by Crippen LogP contribution is -2.16. The lowest BCUT2D eigenvalue weighted by molar-refractivity contribution is -0.151. The standard InChI is InChI=1S/C13H14O4S/c14-6-3-7-17-12(13(15)16)10-8-18-11-5-2-1-4-9(10)11/h1-2,4-5,8,12,14H,3,6-7H2,(H,15,16). The summed E-state index contributed by atoms with van der Waals surface area (Å²) in [5, 5.41) is 20.7. The van der Waals surface area contributed by atoms with Crippen molar-refractivity contribution in [2.75, 3.05) is 13.2 Å². The fraction of sp³-hybridized carbons (Fsp3) is 0.308. The molecule has 1 aromatic carbocycles. The minimum Gasteiger partial charge on any atom is -0.479 e. The number of aliphatic hydroxyl groups excluding tert-OH is 1. The molecule has 18 heavy (non-hydrogen) atoms. The summed E-state index contributed by atoms with van der Waals surface area (Å²) in [6.07, 6.45) is -0.529. The Labute approximate surface area is 108 Å². The van der Waals surface area contributed by atoms with Gasteiger partial charge in [-0.25, -0.2) is 4.79 Å². The Hall–Kier alpha value is -1.43. The number of benzene rings is 1. The number of carboxylic acid groups (broad SMARTS) is 1. The first-order chi connectivity index (χ1) is 8.74. The maximum atomic E-state index is 11.3. The molecule has 0 amide bonds. The Morgan fingerprint density at radius 1 is 1.39 bits per heavy atom. The number of thiophene rings is 1. The van der Waals surface area contributed by atoms with E-state index in [-0.39, 0.29) is 13.2 Å². The highest BCUT2D eigenvalue weighted by atomic mass is 32.1. The molecule has 0 fully saturated rings. The number of carboxylic acids is 1. The van der Waals surface area contributed by atoms with Gasteiger partial charge in [0.25, 0.3) is 0 Å². The molecule has 96 valence electrons. The van der Waals surface area contributed by atoms with E-state index in [1.165, 1.54) is 11.3 Å². The largest absolute Gasteiger partial charge is 0.479 e. The molecule has 4 nitrogen and oxygen atoms in total. The van der Waals surface area contributed by atoms with E-state index in [4.69, 9.17) is 9.84 Å². The molecule has 2 rings (SSSR count). The summed E-state index contributed by atoms with van der Waals surface area (Å²) in [5.74, 6) is -1.00. The molecule has 0 radical (unpaired) electrons. The summed E-state index contributed by atoms with van der Waals surface area (Å²) >= 11 is 1.51. The van der Waals surface area contributed by atoms with Gasteiger partial charge in [0.05, 0.1) is 6.61 Å². The topological polar surface area (TPSA) is 66.8 Å². The smallest absolute Gasteiger partial charge is 0.337 e. The Morgan fingerprint density at radius 2 is 2.17 bits per heavy atom. The molecule has 0 aliphatic heterocycles. The lowest BCUT2D eigenvalue weighted by atomic mass is 10.1. The van der Waals surface area contributed by atoms with E-state index in [9.17, 15) is 9.90 Å². The first-order valence-corrected chi connectivity index (χ1v) is 6.53. The van der Waals surface area contributed by atoms with Gasteiger partial charge in [-0.3, -0.25) is 0 Å². The van der Waals surface area contributed by atoms with Crippen LogP contribution in [0.1, 0.15) is 18.1 Å². The lowest BCUT2D eigenvalue weighted by Gasteiger charge is -2.12. The summed E-state index contributed by atoms with van der Waals surface area (Å²) in [6.45, 7) is 0.231. The number of ether oxygens (including phenoxy) is 1. The third-order valence-corrected chi connectivity index (χ3v) is 3.59. The zero-order valence-electron chi connectivity index (χ0n) is 9.70. The average Bonchev–Trinajstić information content (AvgIpc) is 2.78. The number of carbonyl (C=O) groups is 1. The molecule has 1 unspecified atom stereocenters. The van der Waals surface area contributed by atoms with Crippen molar-refractivity contribution in [1.82, 2.24) is 0 Å². The molecule has 0 bridgehead atoms. The molecule has 0 aliphatic rings. The maximum absolute atomic E-state index is 11.3. The first kappa shape index (κ1) is 13.0. The summed E-state index contributed by atoms with van der Waals surface area (Å²) in [4.78, 5) is 11.3. The summed E-state index contributed by atoms with van der Waals surface area (Å²) in [6, 6.07) is 7.65. The molecule has 2 aromatic rings. The van der Waals surface area contributed by atoms with Crippen LogP contribution in [0.3, 0.4) is 0 Å². The molecule has 0 saturated heterocycles. The van der Waals surface area contributed by atoms with Crippen LogP contribution in [0.2, 0.25) is 0 Å². The first-order valence-electron chi connectivity index (χ1n) is 5.65. The second-order valence-electron chi connectivity index (χ2n) is 3.85. The molecule has 0 spiro atoms. The van der Waals surface area contributed by atoms with Crippen molar-refractivity contribution in [3.8, 4) is 0 Å². The summed E-state index contributed by atoms with van der Waals surface area (Å²) in [5.41, 5.74) is 0.682. The van der Waals surface area contributed by atoms with Gasteiger partial charge in [-0.2, -0.15) is 0 Å². The van der Waals surface area contributed by atoms with Crippen molar-refractivity contribution in [3.63, 3.8) is 0 Å². The highest BCUT2D eigenvalue weighted by Gasteiger charge is 2.23. The van der Waals surface area contributed by atoms with Gasteiger partial charge in [-0.1, -0.05) is 18.2 Å². The van der Waals surface area contributed by atoms with Gasteiger partial charge in [0.1, 0.15) is 0 Å². The van der Waals surface area contributed by atoms with Crippen molar-refractivity contribution < 1.29 is 19.7 Å². The molecule has 0 aliphatic carbocycles. The van der Waals surface area contributed by atoms with Gasteiger partial charge in [-0.05, 0) is 23.3 Å². The molecular formula is C13H14O4S. The van der Waals surface area contributed by atoms with E-state index in [1.807, 2.05) is 29.6 Å². The van der Waals surface area contributed by atoms with Crippen LogP contribution < -0.4 is 0 Å². The quantitative estimate of drug-likeness (QED) is 0.788. The van der Waals surface area contributed by atoms with Gasteiger partial charge in [0, 0.05) is 16.9 Å². The Kier molecular flexibility index (Phi) is 4.30. The van der Waals surface area contributed by atoms with Gasteiger partial charge in [0.15, 0.2) is 6.10 Å². The molecule has 1 heterocycles. The van der Waals surface area contributed by atoms with Crippen molar-refractivity contribution in [1.29, 1.82) is 0 Å². The zero-order valence-corrected chi connectivity index (χ0v) is 10.5. The van der Waals surface area contributed by atoms with Crippen molar-refractivity contribution in [2.24, 2.45) is 0 Å². The van der Waals surface area contributed by atoms with Crippen LogP contribution >= 0.6 is 11.3 Å². The minimum absolute atomic E-state index is 0.00325. The maximum Gasteiger partial charge on any atom is 0.337 e. The van der Waals surface area contributed by atoms with Gasteiger partial charge < -0.3 is 14.9 Å². The predicted molar refractivity (Wildman–Crippen MR) is 69.9 cm³/mol. The number of aliphatic carboxylic acids is 1. The van der Waals surface area contributed by atoms with Gasteiger partial charge in [-0.15, -0.1) is 11.3 Å². The van der Waals surface area contributed by atoms with E-state index in [0.717, 1.165) is 10.1 Å². The van der Waals surface area contributed by atoms with Crippen molar-refractivity contribution in [2.45, 2.75) is 12.5 Å². The predicted octanol–water partition coefficient (Wildman–Crippen LogP) is 2.43. The van der Waals surface area contributed by atoms with Crippen LogP contribution in [0.15, 0.2) is 29.6 Å². The Morgan fingerprint density at radius 3 is 2.89 bits per heavy atom. The van der Waals surface area contributed by atoms with Crippen molar-refractivity contribution >= 4 is 27.4 Å². The number of fused-ring (bicyclic) bond motifs is 1. The molecule has 0 saturated carbocycles. The fourth-order valence-corrected chi connectivity index (χ4v) is 2.74. The highest BCUT2D eigenvalue weighted by Crippen LogP contribution is 2.32. The average molecular weight is 266 g/mol. The van der Waals surface area contributed by atoms with Crippen LogP contribution in [0.25, 0.3) is 10.1 Å². The van der Waals surface area contributed by atoms with Crippen LogP contribution in [0.5, 0.6) is 0 Å². The fourth-order valence-electron chi connectivity index (χ4n) is 1.76. The second kappa shape index (κ2) is 5.95. The van der Waals surface area contributed by atoms with E-state index >= 15 is 0 Å². The minimum atomic E-state index is -1.00. The summed E-state index contributed by atoms with van der Waals surface area (Å²) < 4.78 is 6.39. The van der Waals surface area contributed by atoms with Crippen LogP contribution in [-0.2, 0) is 9.53 Å². The molecule has 1 aromatic heterocycles. The van der Waals surface area contributed by atoms with Crippen molar-refractivity contribution in [3.05, 3.63) is 35.2 Å². The van der Waals surface area contributed by atoms with Crippen LogP contribution in [0, 0.1) is 0 Å². The Bertz CT molecular complexity index is 535. The molecule has 5 heteroatoms. The number of aliphatic hydroxyl groups is 1. The monoisotopic (exact) mass is 266 g/mol. The third-order valence-electron chi connectivity index (χ3n) is 2.60. The normalized spacial score (nSPS) is 12.7. The second-order valence-corrected chi connectivity index (χ2v) is 4.76. The SMILES string of the molecule is O=C(O)C(OCCCO)c1csc2ccccc12. The van der Waals surface area contributed by atoms with Crippen LogP contribution in [-0.4, -0.2) is 29.4 Å². The van der Waals surface area contributed by atoms with E-state index in [1.54, 1.807) is 0 Å². The summed E-state index contributed by atoms with van der Waals surface area (Å²) in [7, 11) is 0. The van der Waals surface area contributed by atoms with Crippen LogP contribution in [0.4, 0.5) is 0 Å².